The van der Waals surface area contributed by atoms with Gasteiger partial charge >= 0.3 is 5.97 Å². The van der Waals surface area contributed by atoms with Gasteiger partial charge in [-0.3, -0.25) is 9.59 Å². The maximum absolute atomic E-state index is 12.0. The second kappa shape index (κ2) is 8.34. The third-order valence-corrected chi connectivity index (χ3v) is 3.45. The van der Waals surface area contributed by atoms with Crippen LogP contribution < -0.4 is 5.32 Å². The van der Waals surface area contributed by atoms with Crippen molar-refractivity contribution in [1.82, 2.24) is 5.32 Å². The zero-order valence-electron chi connectivity index (χ0n) is 12.8. The standard InChI is InChI=1S/C18H18ClNO3/c1-13(20-18(22)15-5-3-2-4-6-15)11-17(21)23-12-14-7-9-16(19)10-8-14/h2-10,13H,11-12H2,1H3,(H,20,22). The molecule has 0 fully saturated rings. The van der Waals surface area contributed by atoms with Gasteiger partial charge in [0.2, 0.25) is 0 Å². The Balaban J connectivity index is 1.76. The van der Waals surface area contributed by atoms with Gasteiger partial charge in [0.15, 0.2) is 0 Å². The number of hydrogen-bond donors (Lipinski definition) is 1. The number of amides is 1. The molecule has 0 aliphatic heterocycles. The molecule has 0 radical (unpaired) electrons. The fourth-order valence-electron chi connectivity index (χ4n) is 2.00. The van der Waals surface area contributed by atoms with Crippen molar-refractivity contribution < 1.29 is 14.3 Å². The first-order chi connectivity index (χ1) is 11.0. The summed E-state index contributed by atoms with van der Waals surface area (Å²) in [5.41, 5.74) is 1.43. The van der Waals surface area contributed by atoms with E-state index in [0.29, 0.717) is 10.6 Å². The number of carbonyl (C=O) groups is 2. The van der Waals surface area contributed by atoms with Gasteiger partial charge in [-0.2, -0.15) is 0 Å². The molecule has 0 saturated heterocycles. The minimum Gasteiger partial charge on any atom is -0.461 e. The summed E-state index contributed by atoms with van der Waals surface area (Å²) >= 11 is 5.79. The summed E-state index contributed by atoms with van der Waals surface area (Å²) in [7, 11) is 0. The first-order valence-corrected chi connectivity index (χ1v) is 7.68. The lowest BCUT2D eigenvalue weighted by molar-refractivity contribution is -0.145. The Labute approximate surface area is 140 Å². The molecule has 0 bridgehead atoms. The van der Waals surface area contributed by atoms with E-state index in [4.69, 9.17) is 16.3 Å². The van der Waals surface area contributed by atoms with E-state index in [9.17, 15) is 9.59 Å². The smallest absolute Gasteiger partial charge is 0.308 e. The molecule has 5 heteroatoms. The Kier molecular flexibility index (Phi) is 6.18. The zero-order valence-corrected chi connectivity index (χ0v) is 13.5. The van der Waals surface area contributed by atoms with Gasteiger partial charge in [0, 0.05) is 16.6 Å². The minimum absolute atomic E-state index is 0.117. The summed E-state index contributed by atoms with van der Waals surface area (Å²) in [5.74, 6) is -0.565. The number of nitrogens with one attached hydrogen (secondary N) is 1. The molecule has 2 aromatic rings. The minimum atomic E-state index is -0.360. The summed E-state index contributed by atoms with van der Waals surface area (Å²) < 4.78 is 5.19. The number of carbonyl (C=O) groups excluding carboxylic acids is 2. The second-order valence-corrected chi connectivity index (χ2v) is 5.67. The molecule has 0 aliphatic carbocycles. The van der Waals surface area contributed by atoms with Crippen molar-refractivity contribution in [3.8, 4) is 0 Å². The lowest BCUT2D eigenvalue weighted by Gasteiger charge is -2.13. The van der Waals surface area contributed by atoms with Crippen molar-refractivity contribution in [2.24, 2.45) is 0 Å². The Hall–Kier alpha value is -2.33. The third kappa shape index (κ3) is 5.75. The molecule has 0 heterocycles. The molecule has 120 valence electrons. The first-order valence-electron chi connectivity index (χ1n) is 7.30. The van der Waals surface area contributed by atoms with Crippen LogP contribution in [-0.4, -0.2) is 17.9 Å². The van der Waals surface area contributed by atoms with Crippen LogP contribution in [0.2, 0.25) is 5.02 Å². The van der Waals surface area contributed by atoms with E-state index in [1.54, 1.807) is 55.5 Å². The van der Waals surface area contributed by atoms with Crippen molar-refractivity contribution in [2.75, 3.05) is 0 Å². The van der Waals surface area contributed by atoms with Crippen LogP contribution >= 0.6 is 11.6 Å². The molecule has 4 nitrogen and oxygen atoms in total. The topological polar surface area (TPSA) is 55.4 Å². The molecule has 1 N–H and O–H groups in total. The monoisotopic (exact) mass is 331 g/mol. The van der Waals surface area contributed by atoms with Crippen LogP contribution in [0.3, 0.4) is 0 Å². The number of esters is 1. The quantitative estimate of drug-likeness (QED) is 0.823. The van der Waals surface area contributed by atoms with E-state index < -0.39 is 0 Å². The predicted octanol–water partition coefficient (Wildman–Crippen LogP) is 3.59. The molecular formula is C18H18ClNO3. The molecule has 2 rings (SSSR count). The number of ether oxygens (including phenoxy) is 1. The molecule has 0 aromatic heterocycles. The van der Waals surface area contributed by atoms with Crippen LogP contribution in [0, 0.1) is 0 Å². The van der Waals surface area contributed by atoms with Crippen molar-refractivity contribution >= 4 is 23.5 Å². The maximum atomic E-state index is 12.0. The van der Waals surface area contributed by atoms with Crippen molar-refractivity contribution in [1.29, 1.82) is 0 Å². The molecule has 1 amide bonds. The predicted molar refractivity (Wildman–Crippen MR) is 89.2 cm³/mol. The van der Waals surface area contributed by atoms with E-state index in [1.165, 1.54) is 0 Å². The van der Waals surface area contributed by atoms with Crippen molar-refractivity contribution in [3.63, 3.8) is 0 Å². The summed E-state index contributed by atoms with van der Waals surface area (Å²) in [6, 6.07) is 15.7. The van der Waals surface area contributed by atoms with E-state index >= 15 is 0 Å². The van der Waals surface area contributed by atoms with Crippen molar-refractivity contribution in [2.45, 2.75) is 26.0 Å². The van der Waals surface area contributed by atoms with Crippen molar-refractivity contribution in [3.05, 3.63) is 70.7 Å². The highest BCUT2D eigenvalue weighted by atomic mass is 35.5. The molecule has 0 saturated carbocycles. The SMILES string of the molecule is CC(CC(=O)OCc1ccc(Cl)cc1)NC(=O)c1ccccc1. The van der Waals surface area contributed by atoms with Gasteiger partial charge in [0.1, 0.15) is 6.61 Å². The molecule has 0 spiro atoms. The molecule has 2 aromatic carbocycles. The summed E-state index contributed by atoms with van der Waals surface area (Å²) in [5, 5.41) is 3.41. The molecule has 1 unspecified atom stereocenters. The Morgan fingerprint density at radius 1 is 1.09 bits per heavy atom. The van der Waals surface area contributed by atoms with Gasteiger partial charge in [-0.25, -0.2) is 0 Å². The normalized spacial score (nSPS) is 11.6. The molecule has 1 atom stereocenters. The summed E-state index contributed by atoms with van der Waals surface area (Å²) in [6.07, 6.45) is 0.117. The largest absolute Gasteiger partial charge is 0.461 e. The number of benzene rings is 2. The van der Waals surface area contributed by atoms with E-state index in [0.717, 1.165) is 5.56 Å². The lowest BCUT2D eigenvalue weighted by Crippen LogP contribution is -2.34. The van der Waals surface area contributed by atoms with Crippen LogP contribution in [0.25, 0.3) is 0 Å². The van der Waals surface area contributed by atoms with Gasteiger partial charge < -0.3 is 10.1 Å². The van der Waals surface area contributed by atoms with Crippen LogP contribution in [0.4, 0.5) is 0 Å². The van der Waals surface area contributed by atoms with Gasteiger partial charge in [-0.15, -0.1) is 0 Å². The fourth-order valence-corrected chi connectivity index (χ4v) is 2.13. The van der Waals surface area contributed by atoms with E-state index in [1.807, 2.05) is 6.07 Å². The highest BCUT2D eigenvalue weighted by molar-refractivity contribution is 6.30. The third-order valence-electron chi connectivity index (χ3n) is 3.20. The van der Waals surface area contributed by atoms with Gasteiger partial charge in [-0.1, -0.05) is 41.9 Å². The Bertz CT molecular complexity index is 656. The number of rotatable bonds is 6. The molecule has 0 aliphatic rings. The van der Waals surface area contributed by atoms with Gasteiger partial charge in [0.05, 0.1) is 6.42 Å². The van der Waals surface area contributed by atoms with Crippen LogP contribution in [0.1, 0.15) is 29.3 Å². The average Bonchev–Trinajstić information content (AvgIpc) is 2.55. The molecular weight excluding hydrogens is 314 g/mol. The second-order valence-electron chi connectivity index (χ2n) is 5.23. The van der Waals surface area contributed by atoms with Gasteiger partial charge in [-0.05, 0) is 36.8 Å². The average molecular weight is 332 g/mol. The Morgan fingerprint density at radius 3 is 2.39 bits per heavy atom. The first kappa shape index (κ1) is 17.0. The lowest BCUT2D eigenvalue weighted by atomic mass is 10.2. The highest BCUT2D eigenvalue weighted by Crippen LogP contribution is 2.10. The highest BCUT2D eigenvalue weighted by Gasteiger charge is 2.14. The van der Waals surface area contributed by atoms with Crippen LogP contribution in [0.5, 0.6) is 0 Å². The summed E-state index contributed by atoms with van der Waals surface area (Å²) in [6.45, 7) is 1.96. The summed E-state index contributed by atoms with van der Waals surface area (Å²) in [4.78, 5) is 23.8. The van der Waals surface area contributed by atoms with Crippen LogP contribution in [-0.2, 0) is 16.1 Å². The van der Waals surface area contributed by atoms with Crippen LogP contribution in [0.15, 0.2) is 54.6 Å². The number of halogens is 1. The zero-order chi connectivity index (χ0) is 16.7. The Morgan fingerprint density at radius 2 is 1.74 bits per heavy atom. The number of hydrogen-bond acceptors (Lipinski definition) is 3. The maximum Gasteiger partial charge on any atom is 0.308 e. The van der Waals surface area contributed by atoms with Gasteiger partial charge in [0.25, 0.3) is 5.91 Å². The van der Waals surface area contributed by atoms with E-state index in [2.05, 4.69) is 5.32 Å². The van der Waals surface area contributed by atoms with E-state index in [-0.39, 0.29) is 30.9 Å². The molecule has 23 heavy (non-hydrogen) atoms. The fraction of sp³-hybridized carbons (Fsp3) is 0.222.